The minimum absolute atomic E-state index is 0.0611. The Hall–Kier alpha value is -2.08. The Morgan fingerprint density at radius 2 is 2.21 bits per heavy atom. The number of amides is 3. The molecule has 1 aliphatic heterocycles. The van der Waals surface area contributed by atoms with Gasteiger partial charge in [-0.2, -0.15) is 0 Å². The molecule has 1 aliphatic rings. The monoisotopic (exact) mass is 282 g/mol. The quantitative estimate of drug-likeness (QED) is 0.846. The number of imide groups is 1. The fourth-order valence-electron chi connectivity index (χ4n) is 1.72. The summed E-state index contributed by atoms with van der Waals surface area (Å²) >= 11 is 6.07. The molecular weight excluding hydrogens is 272 g/mol. The predicted molar refractivity (Wildman–Crippen MR) is 68.5 cm³/mol. The number of urea groups is 1. The first kappa shape index (κ1) is 13.4. The molecule has 0 atom stereocenters. The van der Waals surface area contributed by atoms with E-state index in [-0.39, 0.29) is 25.5 Å². The fraction of sp³-hybridized carbons (Fsp3) is 0.250. The van der Waals surface area contributed by atoms with Crippen molar-refractivity contribution >= 4 is 35.5 Å². The fourth-order valence-corrected chi connectivity index (χ4v) is 1.99. The molecule has 6 nitrogen and oxygen atoms in total. The number of benzene rings is 1. The minimum Gasteiger partial charge on any atom is -0.486 e. The van der Waals surface area contributed by atoms with Crippen LogP contribution >= 0.6 is 11.6 Å². The van der Waals surface area contributed by atoms with E-state index in [1.807, 2.05) is 0 Å². The van der Waals surface area contributed by atoms with E-state index in [4.69, 9.17) is 16.3 Å². The van der Waals surface area contributed by atoms with Crippen LogP contribution in [-0.2, 0) is 9.59 Å². The van der Waals surface area contributed by atoms with Crippen LogP contribution in [-0.4, -0.2) is 31.4 Å². The lowest BCUT2D eigenvalue weighted by atomic mass is 10.2. The van der Waals surface area contributed by atoms with E-state index >= 15 is 0 Å². The first-order chi connectivity index (χ1) is 9.11. The van der Waals surface area contributed by atoms with E-state index in [1.54, 1.807) is 12.1 Å². The molecule has 2 rings (SSSR count). The van der Waals surface area contributed by atoms with Crippen molar-refractivity contribution in [2.24, 2.45) is 0 Å². The number of rotatable bonds is 4. The van der Waals surface area contributed by atoms with Crippen molar-refractivity contribution in [1.29, 1.82) is 0 Å². The Balaban J connectivity index is 2.18. The zero-order valence-corrected chi connectivity index (χ0v) is 10.6. The summed E-state index contributed by atoms with van der Waals surface area (Å²) in [5.74, 6) is 0.137. The van der Waals surface area contributed by atoms with Crippen LogP contribution in [0.15, 0.2) is 18.2 Å². The third kappa shape index (κ3) is 3.03. The van der Waals surface area contributed by atoms with Crippen LogP contribution in [0, 0.1) is 0 Å². The van der Waals surface area contributed by atoms with Gasteiger partial charge in [0.15, 0.2) is 6.29 Å². The van der Waals surface area contributed by atoms with Crippen LogP contribution < -0.4 is 15.0 Å². The molecule has 1 heterocycles. The SMILES string of the molecule is O=CCOc1ccc(N2CCC(=O)NC2=O)c(Cl)c1. The molecule has 0 saturated carbocycles. The van der Waals surface area contributed by atoms with Crippen molar-refractivity contribution in [2.75, 3.05) is 18.1 Å². The number of carbonyl (C=O) groups is 3. The summed E-state index contributed by atoms with van der Waals surface area (Å²) in [6, 6.07) is 4.23. The average Bonchev–Trinajstić information content (AvgIpc) is 2.37. The standard InChI is InChI=1S/C12H11ClN2O4/c13-9-7-8(19-6-5-16)1-2-10(9)15-4-3-11(17)14-12(15)18/h1-2,5,7H,3-4,6H2,(H,14,17,18). The highest BCUT2D eigenvalue weighted by Crippen LogP contribution is 2.30. The van der Waals surface area contributed by atoms with Gasteiger partial charge in [-0.05, 0) is 12.1 Å². The Bertz CT molecular complexity index is 532. The molecule has 1 aromatic rings. The topological polar surface area (TPSA) is 75.7 Å². The van der Waals surface area contributed by atoms with E-state index < -0.39 is 6.03 Å². The van der Waals surface area contributed by atoms with Gasteiger partial charge in [0, 0.05) is 19.0 Å². The lowest BCUT2D eigenvalue weighted by Gasteiger charge is -2.27. The highest BCUT2D eigenvalue weighted by atomic mass is 35.5. The molecule has 0 aromatic heterocycles. The van der Waals surface area contributed by atoms with Crippen LogP contribution in [0.25, 0.3) is 0 Å². The minimum atomic E-state index is -0.500. The number of nitrogens with zero attached hydrogens (tertiary/aromatic N) is 1. The third-order valence-corrected chi connectivity index (χ3v) is 2.88. The molecule has 0 unspecified atom stereocenters. The van der Waals surface area contributed by atoms with Crippen LogP contribution in [0.2, 0.25) is 5.02 Å². The number of hydrogen-bond donors (Lipinski definition) is 1. The summed E-state index contributed by atoms with van der Waals surface area (Å²) in [6.45, 7) is 0.216. The lowest BCUT2D eigenvalue weighted by molar-refractivity contribution is -0.120. The van der Waals surface area contributed by atoms with Gasteiger partial charge in [0.1, 0.15) is 12.4 Å². The molecule has 1 N–H and O–H groups in total. The number of ether oxygens (including phenoxy) is 1. The van der Waals surface area contributed by atoms with E-state index in [9.17, 15) is 14.4 Å². The van der Waals surface area contributed by atoms with Gasteiger partial charge in [0.25, 0.3) is 0 Å². The third-order valence-electron chi connectivity index (χ3n) is 2.58. The first-order valence-electron chi connectivity index (χ1n) is 5.59. The molecule has 0 aliphatic carbocycles. The van der Waals surface area contributed by atoms with Crippen molar-refractivity contribution in [2.45, 2.75) is 6.42 Å². The molecule has 3 amide bonds. The predicted octanol–water partition coefficient (Wildman–Crippen LogP) is 1.36. The maximum atomic E-state index is 11.7. The number of nitrogens with one attached hydrogen (secondary N) is 1. The van der Waals surface area contributed by atoms with Gasteiger partial charge in [-0.3, -0.25) is 19.8 Å². The van der Waals surface area contributed by atoms with Gasteiger partial charge >= 0.3 is 6.03 Å². The average molecular weight is 283 g/mol. The molecule has 100 valence electrons. The highest BCUT2D eigenvalue weighted by Gasteiger charge is 2.25. The van der Waals surface area contributed by atoms with Crippen molar-refractivity contribution in [3.8, 4) is 5.75 Å². The largest absolute Gasteiger partial charge is 0.486 e. The zero-order chi connectivity index (χ0) is 13.8. The second-order valence-corrected chi connectivity index (χ2v) is 4.25. The second-order valence-electron chi connectivity index (χ2n) is 3.85. The first-order valence-corrected chi connectivity index (χ1v) is 5.97. The molecule has 19 heavy (non-hydrogen) atoms. The number of anilines is 1. The van der Waals surface area contributed by atoms with Gasteiger partial charge in [0.05, 0.1) is 10.7 Å². The van der Waals surface area contributed by atoms with E-state index in [1.165, 1.54) is 11.0 Å². The van der Waals surface area contributed by atoms with Gasteiger partial charge in [-0.1, -0.05) is 11.6 Å². The van der Waals surface area contributed by atoms with Crippen molar-refractivity contribution in [3.63, 3.8) is 0 Å². The Labute approximate surface area is 114 Å². The van der Waals surface area contributed by atoms with Crippen molar-refractivity contribution in [1.82, 2.24) is 5.32 Å². The molecule has 1 fully saturated rings. The van der Waals surface area contributed by atoms with E-state index in [0.717, 1.165) is 0 Å². The molecule has 0 spiro atoms. The number of carbonyl (C=O) groups excluding carboxylic acids is 3. The molecule has 1 saturated heterocycles. The smallest absolute Gasteiger partial charge is 0.328 e. The van der Waals surface area contributed by atoms with E-state index in [0.29, 0.717) is 22.7 Å². The Morgan fingerprint density at radius 1 is 1.42 bits per heavy atom. The van der Waals surface area contributed by atoms with Crippen molar-refractivity contribution < 1.29 is 19.1 Å². The summed E-state index contributed by atoms with van der Waals surface area (Å²) in [7, 11) is 0. The van der Waals surface area contributed by atoms with E-state index in [2.05, 4.69) is 5.32 Å². The second kappa shape index (κ2) is 5.71. The summed E-state index contributed by atoms with van der Waals surface area (Å²) in [5, 5.41) is 2.53. The van der Waals surface area contributed by atoms with Crippen molar-refractivity contribution in [3.05, 3.63) is 23.2 Å². The van der Waals surface area contributed by atoms with Gasteiger partial charge < -0.3 is 4.74 Å². The normalized spacial score (nSPS) is 15.1. The molecule has 0 bridgehead atoms. The van der Waals surface area contributed by atoms with Crippen LogP contribution in [0.1, 0.15) is 6.42 Å². The summed E-state index contributed by atoms with van der Waals surface area (Å²) in [4.78, 5) is 34.3. The lowest BCUT2D eigenvalue weighted by Crippen LogP contribution is -2.49. The summed E-state index contributed by atoms with van der Waals surface area (Å²) in [6.07, 6.45) is 0.858. The molecular formula is C12H11ClN2O4. The Kier molecular flexibility index (Phi) is 4.01. The van der Waals surface area contributed by atoms with Gasteiger partial charge in [0.2, 0.25) is 5.91 Å². The maximum Gasteiger partial charge on any atom is 0.328 e. The van der Waals surface area contributed by atoms with Gasteiger partial charge in [-0.15, -0.1) is 0 Å². The number of halogens is 1. The molecule has 0 radical (unpaired) electrons. The molecule has 7 heteroatoms. The number of aldehydes is 1. The molecule has 1 aromatic carbocycles. The summed E-state index contributed by atoms with van der Waals surface area (Å²) in [5.41, 5.74) is 0.491. The number of hydrogen-bond acceptors (Lipinski definition) is 4. The van der Waals surface area contributed by atoms with Gasteiger partial charge in [-0.25, -0.2) is 4.79 Å². The summed E-state index contributed by atoms with van der Waals surface area (Å²) < 4.78 is 5.10. The van der Waals surface area contributed by atoms with Crippen LogP contribution in [0.4, 0.5) is 10.5 Å². The van der Waals surface area contributed by atoms with Crippen LogP contribution in [0.5, 0.6) is 5.75 Å². The maximum absolute atomic E-state index is 11.7. The van der Waals surface area contributed by atoms with Crippen LogP contribution in [0.3, 0.4) is 0 Å². The Morgan fingerprint density at radius 3 is 2.84 bits per heavy atom. The zero-order valence-electron chi connectivity index (χ0n) is 9.89. The highest BCUT2D eigenvalue weighted by molar-refractivity contribution is 6.34.